The van der Waals surface area contributed by atoms with E-state index in [0.717, 1.165) is 138 Å². The fraction of sp³-hybridized carbons (Fsp3) is 0.455. The van der Waals surface area contributed by atoms with Crippen molar-refractivity contribution in [2.45, 2.75) is 232 Å². The van der Waals surface area contributed by atoms with Gasteiger partial charge in [-0.3, -0.25) is 19.6 Å². The molecule has 0 bridgehead atoms. The first kappa shape index (κ1) is 78.5. The van der Waals surface area contributed by atoms with Gasteiger partial charge in [0.25, 0.3) is 0 Å². The van der Waals surface area contributed by atoms with Crippen molar-refractivity contribution in [3.63, 3.8) is 0 Å². The van der Waals surface area contributed by atoms with Crippen molar-refractivity contribution in [3.8, 4) is 46.0 Å². The van der Waals surface area contributed by atoms with Crippen LogP contribution in [0, 0.1) is 5.82 Å². The maximum absolute atomic E-state index is 13.0. The summed E-state index contributed by atoms with van der Waals surface area (Å²) in [6.07, 6.45) is 12.9. The lowest BCUT2D eigenvalue weighted by Crippen LogP contribution is -2.40. The molecule has 7 heterocycles. The van der Waals surface area contributed by atoms with Crippen LogP contribution in [0.5, 0.6) is 46.0 Å². The van der Waals surface area contributed by atoms with Crippen LogP contribution in [0.3, 0.4) is 0 Å². The molecule has 16 nitrogen and oxygen atoms in total. The number of benzene rings is 8. The summed E-state index contributed by atoms with van der Waals surface area (Å²) in [6.45, 7) is 32.4. The average molecular weight is 1500 g/mol. The highest BCUT2D eigenvalue weighted by Crippen LogP contribution is 2.44. The van der Waals surface area contributed by atoms with Crippen molar-refractivity contribution in [3.05, 3.63) is 223 Å². The molecule has 1 fully saturated rings. The van der Waals surface area contributed by atoms with Crippen molar-refractivity contribution < 1.29 is 56.9 Å². The van der Waals surface area contributed by atoms with Gasteiger partial charge in [-0.1, -0.05) is 54.1 Å². The van der Waals surface area contributed by atoms with Gasteiger partial charge in [-0.05, 0) is 304 Å². The van der Waals surface area contributed by atoms with Crippen molar-refractivity contribution in [1.29, 1.82) is 0 Å². The maximum atomic E-state index is 13.0. The van der Waals surface area contributed by atoms with Crippen LogP contribution in [-0.4, -0.2) is 110 Å². The van der Waals surface area contributed by atoms with Crippen molar-refractivity contribution >= 4 is 27.1 Å². The third kappa shape index (κ3) is 19.5. The lowest BCUT2D eigenvalue weighted by atomic mass is 9.93. The molecule has 572 valence electrons. The van der Waals surface area contributed by atoms with Gasteiger partial charge in [0, 0.05) is 105 Å². The lowest BCUT2D eigenvalue weighted by Gasteiger charge is -2.35. The highest BCUT2D eigenvalue weighted by atomic mass is 35.5. The summed E-state index contributed by atoms with van der Waals surface area (Å²) < 4.78 is 64.3. The molecule has 0 radical (unpaired) electrons. The number of anilines is 1. The lowest BCUT2D eigenvalue weighted by molar-refractivity contribution is 0.109. The smallest absolute Gasteiger partial charge is 0.231 e. The second kappa shape index (κ2) is 33.0. The highest BCUT2D eigenvalue weighted by molar-refractivity contribution is 7.90. The number of phenolic OH excluding ortho intramolecular Hbond substituents is 2. The molecule has 15 rings (SSSR count). The summed E-state index contributed by atoms with van der Waals surface area (Å²) in [7, 11) is -3.18. The van der Waals surface area contributed by atoms with Crippen LogP contribution in [0.15, 0.2) is 144 Å². The van der Waals surface area contributed by atoms with E-state index < -0.39 is 9.84 Å². The predicted octanol–water partition coefficient (Wildman–Crippen LogP) is 17.7. The first-order valence-corrected chi connectivity index (χ1v) is 40.3. The van der Waals surface area contributed by atoms with Gasteiger partial charge in [-0.2, -0.15) is 0 Å². The molecule has 8 aromatic carbocycles. The third-order valence-electron chi connectivity index (χ3n) is 22.9. The fourth-order valence-electron chi connectivity index (χ4n) is 15.4. The largest absolute Gasteiger partial charge is 0.508 e. The molecule has 8 aromatic rings. The van der Waals surface area contributed by atoms with Crippen molar-refractivity contribution in [2.24, 2.45) is 0 Å². The zero-order valence-electron chi connectivity index (χ0n) is 64.4. The molecule has 0 spiro atoms. The number of aromatic hydroxyl groups is 3. The first-order chi connectivity index (χ1) is 50.8. The summed E-state index contributed by atoms with van der Waals surface area (Å²) in [5.41, 5.74) is 17.3. The number of hydrogen-bond acceptors (Lipinski definition) is 16. The molecule has 4 N–H and O–H groups in total. The number of rotatable bonds is 21. The number of piperidine rings is 1. The minimum atomic E-state index is -3.18. The van der Waals surface area contributed by atoms with E-state index in [9.17, 15) is 33.2 Å². The number of aliphatic hydroxyl groups excluding tert-OH is 1. The zero-order chi connectivity index (χ0) is 76.2. The van der Waals surface area contributed by atoms with Gasteiger partial charge >= 0.3 is 0 Å². The van der Waals surface area contributed by atoms with Crippen LogP contribution in [0.25, 0.3) is 0 Å². The minimum Gasteiger partial charge on any atom is -0.508 e. The van der Waals surface area contributed by atoms with Gasteiger partial charge in [0.05, 0.1) is 22.6 Å². The van der Waals surface area contributed by atoms with E-state index in [0.29, 0.717) is 34.8 Å². The minimum absolute atomic E-state index is 0.0373. The van der Waals surface area contributed by atoms with Gasteiger partial charge < -0.3 is 49.0 Å². The second-order valence-corrected chi connectivity index (χ2v) is 35.3. The molecule has 0 saturated carbocycles. The SMILES string of the molecule is CC(C)(CCc1ccc(F)cc1)N1Cc2cc3c(cc2C1)OCO3.CC(C)(CCc1ccc(O)c(CO)c1)N1Cc2ccc(N3CCCCC3)cc2C1.CC(C)(CCc1ccc(O)c(Cl)c1)N1Cc2ccc(S(C)(=O)=O)cc2C1.CC(C)Oc1cc(CCC(C)(C)N2Cc3cc4c(cc3C2)OCO4)ccc1O. The molecule has 19 heteroatoms. The number of halogens is 2. The monoisotopic (exact) mass is 1500 g/mol. The molecule has 7 aliphatic rings. The van der Waals surface area contributed by atoms with Crippen LogP contribution in [0.1, 0.15) is 187 Å². The van der Waals surface area contributed by atoms with E-state index in [-0.39, 0.29) is 57.9 Å². The van der Waals surface area contributed by atoms with Gasteiger partial charge in [0.15, 0.2) is 44.3 Å². The zero-order valence-corrected chi connectivity index (χ0v) is 65.9. The Kier molecular flexibility index (Phi) is 24.2. The maximum Gasteiger partial charge on any atom is 0.231 e. The molecule has 0 atom stereocenters. The van der Waals surface area contributed by atoms with Crippen LogP contribution < -0.4 is 28.6 Å². The Hall–Kier alpha value is -8.07. The Labute approximate surface area is 638 Å². The molecule has 0 aliphatic carbocycles. The summed E-state index contributed by atoms with van der Waals surface area (Å²) in [4.78, 5) is 12.9. The number of nitrogens with zero attached hydrogens (tertiary/aromatic N) is 5. The molecule has 7 aliphatic heterocycles. The third-order valence-corrected chi connectivity index (χ3v) is 24.4. The van der Waals surface area contributed by atoms with Crippen molar-refractivity contribution in [1.82, 2.24) is 19.6 Å². The van der Waals surface area contributed by atoms with E-state index in [1.54, 1.807) is 30.3 Å². The van der Waals surface area contributed by atoms with Gasteiger partial charge in [-0.15, -0.1) is 0 Å². The number of aryl methyl sites for hydroxylation is 4. The summed E-state index contributed by atoms with van der Waals surface area (Å²) in [5, 5.41) is 39.1. The van der Waals surface area contributed by atoms with Gasteiger partial charge in [-0.25, -0.2) is 12.8 Å². The first-order valence-electron chi connectivity index (χ1n) is 38.0. The number of ether oxygens (including phenoxy) is 5. The van der Waals surface area contributed by atoms with Gasteiger partial charge in [0.1, 0.15) is 17.3 Å². The van der Waals surface area contributed by atoms with E-state index >= 15 is 0 Å². The molecular weight excluding hydrogens is 1390 g/mol. The highest BCUT2D eigenvalue weighted by Gasteiger charge is 2.37. The van der Waals surface area contributed by atoms with Crippen LogP contribution in [0.4, 0.5) is 10.1 Å². The number of aliphatic hydroxyl groups is 1. The molecule has 107 heavy (non-hydrogen) atoms. The molecule has 0 unspecified atom stereocenters. The quantitative estimate of drug-likeness (QED) is 0.0534. The number of sulfone groups is 1. The molecule has 1 saturated heterocycles. The van der Waals surface area contributed by atoms with E-state index in [1.807, 2.05) is 68.4 Å². The summed E-state index contributed by atoms with van der Waals surface area (Å²) in [5.74, 6) is 4.31. The Morgan fingerprint density at radius 2 is 0.841 bits per heavy atom. The topological polar surface area (TPSA) is 177 Å². The number of hydrogen-bond donors (Lipinski definition) is 4. The Bertz CT molecular complexity index is 4510. The van der Waals surface area contributed by atoms with Crippen LogP contribution in [0.2, 0.25) is 5.02 Å². The van der Waals surface area contributed by atoms with Crippen LogP contribution >= 0.6 is 11.6 Å². The van der Waals surface area contributed by atoms with Crippen LogP contribution in [-0.2, 0) is 94.5 Å². The standard InChI is InChI=1S/C25H34N2O2.C23H29NO4.C20H24ClNO3S.C20H22FNO2/c1-25(2,11-10-19-6-9-24(29)22(14-19)18-28)27-16-20-7-8-23(15-21(20)17-27)26-12-4-3-5-13-26;1-15(2)28-20-9-16(5-6-19(20)25)7-8-23(3,4)24-12-17-10-21-22(27-14-26-21)11-18(17)13-24;1-20(2,9-8-14-4-7-19(23)18(21)10-14)22-12-15-5-6-17(26(3,24)25)11-16(15)13-22;1-20(2,8-7-14-3-5-17(21)6-4-14)22-11-15-9-18-19(24-13-23-18)10-16(15)12-22/h6-9,14-15,28-29H,3-5,10-13,16-18H2,1-2H3;5-6,9-11,15,25H,7-8,12-14H2,1-4H3;4-7,10-11,23H,8-9,12-13H2,1-3H3;3-6,9-10H,7-8,11-13H2,1-2H3. The second-order valence-electron chi connectivity index (χ2n) is 32.8. The Balaban J connectivity index is 0.000000134. The van der Waals surface area contributed by atoms with E-state index in [2.05, 4.69) is 122 Å². The Morgan fingerprint density at radius 1 is 0.458 bits per heavy atom. The van der Waals surface area contributed by atoms with Crippen molar-refractivity contribution in [2.75, 3.05) is 37.8 Å². The molecule has 0 aromatic heterocycles. The molecule has 0 amide bonds. The summed E-state index contributed by atoms with van der Waals surface area (Å²) >= 11 is 5.99. The number of phenols is 3. The normalized spacial score (nSPS) is 16.3. The fourth-order valence-corrected chi connectivity index (χ4v) is 16.3. The van der Waals surface area contributed by atoms with E-state index in [4.69, 9.17) is 35.3 Å². The van der Waals surface area contributed by atoms with E-state index in [1.165, 1.54) is 112 Å². The Morgan fingerprint density at radius 3 is 1.28 bits per heavy atom. The average Bonchev–Trinajstić information content (AvgIpc) is 1.66. The predicted molar refractivity (Wildman–Crippen MR) is 421 cm³/mol. The summed E-state index contributed by atoms with van der Waals surface area (Å²) in [6, 6.07) is 44.4. The number of fused-ring (bicyclic) bond motifs is 6. The molecular formula is C88H109ClFN5O11S. The van der Waals surface area contributed by atoms with Gasteiger partial charge in [0.2, 0.25) is 13.6 Å².